The molecule has 5 nitrogen and oxygen atoms in total. The topological polar surface area (TPSA) is 61.8 Å². The van der Waals surface area contributed by atoms with Gasteiger partial charge in [-0.1, -0.05) is 0 Å². The zero-order chi connectivity index (χ0) is 11.7. The summed E-state index contributed by atoms with van der Waals surface area (Å²) < 4.78 is 5.49. The maximum atomic E-state index is 12.2. The van der Waals surface area contributed by atoms with Gasteiger partial charge in [0.1, 0.15) is 0 Å². The third kappa shape index (κ3) is 2.36. The Kier molecular flexibility index (Phi) is 3.47. The van der Waals surface area contributed by atoms with Gasteiger partial charge in [-0.15, -0.1) is 0 Å². The van der Waals surface area contributed by atoms with Gasteiger partial charge in [-0.05, 0) is 20.3 Å². The molecule has 2 N–H and O–H groups in total. The molecule has 1 amide bonds. The molecule has 2 heterocycles. The number of amides is 1. The Morgan fingerprint density at radius 3 is 2.88 bits per heavy atom. The fraction of sp³-hybridized carbons (Fsp3) is 0.909. The number of hydrogen-bond acceptors (Lipinski definition) is 4. The predicted octanol–water partition coefficient (Wildman–Crippen LogP) is -0.655. The van der Waals surface area contributed by atoms with E-state index in [-0.39, 0.29) is 30.2 Å². The van der Waals surface area contributed by atoms with Gasteiger partial charge >= 0.3 is 0 Å². The third-order valence-electron chi connectivity index (χ3n) is 3.30. The molecular weight excluding hydrogens is 208 g/mol. The second kappa shape index (κ2) is 4.69. The highest BCUT2D eigenvalue weighted by Crippen LogP contribution is 2.16. The van der Waals surface area contributed by atoms with E-state index in [9.17, 15) is 9.90 Å². The first-order valence-electron chi connectivity index (χ1n) is 5.91. The Morgan fingerprint density at radius 2 is 2.25 bits per heavy atom. The zero-order valence-corrected chi connectivity index (χ0v) is 9.85. The van der Waals surface area contributed by atoms with E-state index in [0.29, 0.717) is 26.1 Å². The lowest BCUT2D eigenvalue weighted by molar-refractivity contribution is -0.145. The van der Waals surface area contributed by atoms with Crippen molar-refractivity contribution in [1.82, 2.24) is 10.2 Å². The quantitative estimate of drug-likeness (QED) is 0.626. The first kappa shape index (κ1) is 11.8. The lowest BCUT2D eigenvalue weighted by Crippen LogP contribution is -2.54. The molecule has 2 fully saturated rings. The SMILES string of the molecule is CC1CN(C(=O)C2CC(O)CN2)C(C)CO1. The van der Waals surface area contributed by atoms with Crippen LogP contribution in [0.15, 0.2) is 0 Å². The summed E-state index contributed by atoms with van der Waals surface area (Å²) in [7, 11) is 0. The summed E-state index contributed by atoms with van der Waals surface area (Å²) in [6, 6.07) is -0.0917. The minimum atomic E-state index is -0.386. The smallest absolute Gasteiger partial charge is 0.240 e. The first-order valence-corrected chi connectivity index (χ1v) is 5.91. The highest BCUT2D eigenvalue weighted by molar-refractivity contribution is 5.82. The van der Waals surface area contributed by atoms with E-state index in [1.54, 1.807) is 0 Å². The number of hydrogen-bond donors (Lipinski definition) is 2. The predicted molar refractivity (Wildman–Crippen MR) is 59.0 cm³/mol. The number of ether oxygens (including phenoxy) is 1. The number of carbonyl (C=O) groups excluding carboxylic acids is 1. The van der Waals surface area contributed by atoms with Gasteiger partial charge in [0.2, 0.25) is 5.91 Å². The molecule has 5 heteroatoms. The Hall–Kier alpha value is -0.650. The highest BCUT2D eigenvalue weighted by Gasteiger charge is 2.35. The molecule has 0 aromatic carbocycles. The molecule has 0 aromatic rings. The van der Waals surface area contributed by atoms with Crippen molar-refractivity contribution >= 4 is 5.91 Å². The van der Waals surface area contributed by atoms with Crippen molar-refractivity contribution < 1.29 is 14.6 Å². The minimum absolute atomic E-state index is 0.0965. The lowest BCUT2D eigenvalue weighted by Gasteiger charge is -2.38. The summed E-state index contributed by atoms with van der Waals surface area (Å²) in [4.78, 5) is 14.1. The molecule has 92 valence electrons. The van der Waals surface area contributed by atoms with Crippen molar-refractivity contribution in [2.24, 2.45) is 0 Å². The maximum absolute atomic E-state index is 12.2. The summed E-state index contributed by atoms with van der Waals surface area (Å²) >= 11 is 0. The molecule has 2 aliphatic heterocycles. The number of morpholine rings is 1. The van der Waals surface area contributed by atoms with Crippen molar-refractivity contribution in [3.8, 4) is 0 Å². The fourth-order valence-electron chi connectivity index (χ4n) is 2.32. The van der Waals surface area contributed by atoms with Gasteiger partial charge in [-0.3, -0.25) is 4.79 Å². The van der Waals surface area contributed by atoms with Crippen LogP contribution in [0.5, 0.6) is 0 Å². The first-order chi connectivity index (χ1) is 7.58. The molecule has 2 rings (SSSR count). The van der Waals surface area contributed by atoms with E-state index >= 15 is 0 Å². The maximum Gasteiger partial charge on any atom is 0.240 e. The molecule has 0 spiro atoms. The Morgan fingerprint density at radius 1 is 1.50 bits per heavy atom. The van der Waals surface area contributed by atoms with Crippen molar-refractivity contribution in [2.45, 2.75) is 44.6 Å². The van der Waals surface area contributed by atoms with E-state index in [1.165, 1.54) is 0 Å². The summed E-state index contributed by atoms with van der Waals surface area (Å²) in [5.74, 6) is 0.0965. The van der Waals surface area contributed by atoms with Gasteiger partial charge in [-0.25, -0.2) is 0 Å². The van der Waals surface area contributed by atoms with Crippen LogP contribution in [0.25, 0.3) is 0 Å². The number of aliphatic hydroxyl groups excluding tert-OH is 1. The summed E-state index contributed by atoms with van der Waals surface area (Å²) in [5.41, 5.74) is 0. The van der Waals surface area contributed by atoms with Crippen LogP contribution in [0.1, 0.15) is 20.3 Å². The Bertz CT molecular complexity index is 272. The van der Waals surface area contributed by atoms with Gasteiger partial charge in [-0.2, -0.15) is 0 Å². The molecule has 0 aromatic heterocycles. The van der Waals surface area contributed by atoms with Crippen LogP contribution < -0.4 is 5.32 Å². The molecule has 0 radical (unpaired) electrons. The highest BCUT2D eigenvalue weighted by atomic mass is 16.5. The minimum Gasteiger partial charge on any atom is -0.392 e. The Balaban J connectivity index is 1.97. The average Bonchev–Trinajstić information content (AvgIpc) is 2.67. The molecule has 16 heavy (non-hydrogen) atoms. The van der Waals surface area contributed by atoms with E-state index in [4.69, 9.17) is 4.74 Å². The van der Waals surface area contributed by atoms with Crippen LogP contribution in [-0.2, 0) is 9.53 Å². The monoisotopic (exact) mass is 228 g/mol. The van der Waals surface area contributed by atoms with Gasteiger partial charge in [0, 0.05) is 13.1 Å². The molecular formula is C11H20N2O3. The zero-order valence-electron chi connectivity index (χ0n) is 9.85. The van der Waals surface area contributed by atoms with Crippen molar-refractivity contribution in [3.63, 3.8) is 0 Å². The summed E-state index contributed by atoms with van der Waals surface area (Å²) in [6.45, 7) is 5.74. The molecule has 0 saturated carbocycles. The van der Waals surface area contributed by atoms with Gasteiger partial charge in [0.05, 0.1) is 30.9 Å². The number of β-amino-alcohol motifs (C(OH)–C–C–N with tert-alkyl or cyclic N) is 1. The van der Waals surface area contributed by atoms with Crippen LogP contribution in [-0.4, -0.2) is 59.9 Å². The number of rotatable bonds is 1. The van der Waals surface area contributed by atoms with Crippen LogP contribution in [0.2, 0.25) is 0 Å². The van der Waals surface area contributed by atoms with Gasteiger partial charge in [0.15, 0.2) is 0 Å². The largest absolute Gasteiger partial charge is 0.392 e. The van der Waals surface area contributed by atoms with E-state index in [2.05, 4.69) is 5.32 Å². The number of nitrogens with zero attached hydrogens (tertiary/aromatic N) is 1. The van der Waals surface area contributed by atoms with Crippen LogP contribution in [0.4, 0.5) is 0 Å². The third-order valence-corrected chi connectivity index (χ3v) is 3.30. The van der Waals surface area contributed by atoms with Crippen molar-refractivity contribution in [2.75, 3.05) is 19.7 Å². The standard InChI is InChI=1S/C11H20N2O3/c1-7-6-16-8(2)5-13(7)11(15)10-3-9(14)4-12-10/h7-10,12,14H,3-6H2,1-2H3. The van der Waals surface area contributed by atoms with Crippen molar-refractivity contribution in [3.05, 3.63) is 0 Å². The van der Waals surface area contributed by atoms with Crippen LogP contribution in [0, 0.1) is 0 Å². The van der Waals surface area contributed by atoms with Crippen molar-refractivity contribution in [1.29, 1.82) is 0 Å². The lowest BCUT2D eigenvalue weighted by atomic mass is 10.1. The fourth-order valence-corrected chi connectivity index (χ4v) is 2.32. The molecule has 4 unspecified atom stereocenters. The van der Waals surface area contributed by atoms with E-state index in [0.717, 1.165) is 0 Å². The Labute approximate surface area is 95.8 Å². The van der Waals surface area contributed by atoms with E-state index in [1.807, 2.05) is 18.7 Å². The normalized spacial score (nSPS) is 40.1. The van der Waals surface area contributed by atoms with Gasteiger partial charge < -0.3 is 20.1 Å². The molecule has 2 aliphatic rings. The second-order valence-corrected chi connectivity index (χ2v) is 4.83. The number of aliphatic hydroxyl groups is 1. The molecule has 0 bridgehead atoms. The molecule has 4 atom stereocenters. The van der Waals surface area contributed by atoms with E-state index < -0.39 is 0 Å². The van der Waals surface area contributed by atoms with Gasteiger partial charge in [0.25, 0.3) is 0 Å². The van der Waals surface area contributed by atoms with Crippen LogP contribution in [0.3, 0.4) is 0 Å². The summed E-state index contributed by atoms with van der Waals surface area (Å²) in [6.07, 6.45) is 0.242. The van der Waals surface area contributed by atoms with Crippen LogP contribution >= 0.6 is 0 Å². The average molecular weight is 228 g/mol. The number of carbonyl (C=O) groups is 1. The second-order valence-electron chi connectivity index (χ2n) is 4.83. The molecule has 2 saturated heterocycles. The number of nitrogens with one attached hydrogen (secondary N) is 1. The summed E-state index contributed by atoms with van der Waals surface area (Å²) in [5, 5.41) is 12.5. The molecule has 0 aliphatic carbocycles.